The number of aromatic amines is 1. The molecule has 31 heavy (non-hydrogen) atoms. The average molecular weight is 426 g/mol. The Balaban J connectivity index is 1.35. The van der Waals surface area contributed by atoms with E-state index in [0.717, 1.165) is 59.3 Å². The van der Waals surface area contributed by atoms with Gasteiger partial charge in [-0.3, -0.25) is 0 Å². The predicted octanol–water partition coefficient (Wildman–Crippen LogP) is 2.90. The van der Waals surface area contributed by atoms with E-state index in [9.17, 15) is 5.11 Å². The van der Waals surface area contributed by atoms with Crippen molar-refractivity contribution in [3.05, 3.63) is 71.3 Å². The molecule has 0 unspecified atom stereocenters. The molecule has 166 valence electrons. The molecule has 0 bridgehead atoms. The molecule has 0 saturated carbocycles. The summed E-state index contributed by atoms with van der Waals surface area (Å²) in [6, 6.07) is 13.8. The van der Waals surface area contributed by atoms with Crippen LogP contribution in [0.4, 0.5) is 0 Å². The van der Waals surface area contributed by atoms with Crippen molar-refractivity contribution in [1.29, 1.82) is 0 Å². The number of nitrogens with zero attached hydrogens (tertiary/aromatic N) is 1. The van der Waals surface area contributed by atoms with Crippen LogP contribution in [0.3, 0.4) is 0 Å². The van der Waals surface area contributed by atoms with E-state index in [1.165, 1.54) is 0 Å². The summed E-state index contributed by atoms with van der Waals surface area (Å²) in [7, 11) is 3.25. The number of methoxy groups -OCH3 is 2. The maximum atomic E-state index is 10.2. The highest BCUT2D eigenvalue weighted by Gasteiger charge is 2.07. The standard InChI is InChI=1S/C24H31N3O4/c1-17-14-26-24(27-17)13-18-4-7-21(8-5-18)31-16-20(28)15-25-11-10-19-6-9-22(29-2)23(12-19)30-3/h4-9,12,14,20,25,28H,10-11,13,15-16H2,1-3H3,(H,26,27)/t20-/m0/s1. The molecule has 3 aromatic rings. The van der Waals surface area contributed by atoms with Crippen molar-refractivity contribution in [2.24, 2.45) is 0 Å². The van der Waals surface area contributed by atoms with Crippen molar-refractivity contribution in [1.82, 2.24) is 15.3 Å². The van der Waals surface area contributed by atoms with Crippen LogP contribution in [-0.4, -0.2) is 55.1 Å². The Bertz CT molecular complexity index is 940. The van der Waals surface area contributed by atoms with Crippen LogP contribution in [0.2, 0.25) is 0 Å². The Labute approximate surface area is 183 Å². The molecule has 0 aliphatic heterocycles. The van der Waals surface area contributed by atoms with E-state index >= 15 is 0 Å². The predicted molar refractivity (Wildman–Crippen MR) is 120 cm³/mol. The SMILES string of the molecule is COc1ccc(CCNC[C@H](O)COc2ccc(Cc3nc(C)c[nH]3)cc2)cc1OC. The average Bonchev–Trinajstić information content (AvgIpc) is 3.20. The number of aliphatic hydroxyl groups excluding tert-OH is 1. The third-order valence-electron chi connectivity index (χ3n) is 4.91. The lowest BCUT2D eigenvalue weighted by Gasteiger charge is -2.14. The van der Waals surface area contributed by atoms with Crippen LogP contribution in [0.15, 0.2) is 48.7 Å². The van der Waals surface area contributed by atoms with Gasteiger partial charge in [0.1, 0.15) is 24.3 Å². The second-order valence-corrected chi connectivity index (χ2v) is 7.42. The maximum Gasteiger partial charge on any atom is 0.160 e. The smallest absolute Gasteiger partial charge is 0.160 e. The minimum absolute atomic E-state index is 0.236. The van der Waals surface area contributed by atoms with Gasteiger partial charge in [-0.2, -0.15) is 0 Å². The Hall–Kier alpha value is -3.03. The van der Waals surface area contributed by atoms with Crippen LogP contribution in [-0.2, 0) is 12.8 Å². The highest BCUT2D eigenvalue weighted by atomic mass is 16.5. The van der Waals surface area contributed by atoms with E-state index in [2.05, 4.69) is 15.3 Å². The Kier molecular flexibility index (Phi) is 8.32. The quantitative estimate of drug-likeness (QED) is 0.387. The minimum Gasteiger partial charge on any atom is -0.493 e. The van der Waals surface area contributed by atoms with Gasteiger partial charge in [0.15, 0.2) is 11.5 Å². The highest BCUT2D eigenvalue weighted by Crippen LogP contribution is 2.27. The van der Waals surface area contributed by atoms with Gasteiger partial charge in [-0.15, -0.1) is 0 Å². The number of ether oxygens (including phenoxy) is 3. The van der Waals surface area contributed by atoms with E-state index < -0.39 is 6.10 Å². The van der Waals surface area contributed by atoms with Gasteiger partial charge in [0.25, 0.3) is 0 Å². The van der Waals surface area contributed by atoms with Gasteiger partial charge in [-0.25, -0.2) is 4.98 Å². The molecule has 0 aliphatic carbocycles. The Morgan fingerprint density at radius 2 is 1.77 bits per heavy atom. The number of benzene rings is 2. The third kappa shape index (κ3) is 7.01. The first-order valence-electron chi connectivity index (χ1n) is 10.4. The molecule has 0 fully saturated rings. The van der Waals surface area contributed by atoms with Crippen LogP contribution >= 0.6 is 0 Å². The number of rotatable bonds is 12. The normalized spacial score (nSPS) is 11.9. The molecular formula is C24H31N3O4. The van der Waals surface area contributed by atoms with Gasteiger partial charge >= 0.3 is 0 Å². The van der Waals surface area contributed by atoms with Crippen molar-refractivity contribution in [2.45, 2.75) is 25.9 Å². The minimum atomic E-state index is -0.587. The van der Waals surface area contributed by atoms with Gasteiger partial charge in [-0.05, 0) is 55.3 Å². The molecule has 3 rings (SSSR count). The first-order valence-corrected chi connectivity index (χ1v) is 10.4. The van der Waals surface area contributed by atoms with Crippen LogP contribution < -0.4 is 19.5 Å². The first kappa shape index (κ1) is 22.7. The number of hydrogen-bond donors (Lipinski definition) is 3. The molecule has 1 heterocycles. The van der Waals surface area contributed by atoms with E-state index in [1.807, 2.05) is 55.6 Å². The summed E-state index contributed by atoms with van der Waals surface area (Å²) < 4.78 is 16.3. The summed E-state index contributed by atoms with van der Waals surface area (Å²) in [4.78, 5) is 7.58. The second-order valence-electron chi connectivity index (χ2n) is 7.42. The number of nitrogens with one attached hydrogen (secondary N) is 2. The molecule has 7 heteroatoms. The molecule has 1 aromatic heterocycles. The zero-order valence-electron chi connectivity index (χ0n) is 18.4. The summed E-state index contributed by atoms with van der Waals surface area (Å²) in [5, 5.41) is 13.4. The zero-order valence-corrected chi connectivity index (χ0v) is 18.4. The molecule has 7 nitrogen and oxygen atoms in total. The van der Waals surface area contributed by atoms with Gasteiger partial charge in [0.2, 0.25) is 0 Å². The molecule has 1 atom stereocenters. The van der Waals surface area contributed by atoms with Crippen molar-refractivity contribution >= 4 is 0 Å². The maximum absolute atomic E-state index is 10.2. The summed E-state index contributed by atoms with van der Waals surface area (Å²) in [5.41, 5.74) is 3.28. The molecule has 2 aromatic carbocycles. The number of H-pyrrole nitrogens is 1. The molecule has 0 aliphatic rings. The van der Waals surface area contributed by atoms with E-state index in [1.54, 1.807) is 14.2 Å². The molecule has 0 amide bonds. The van der Waals surface area contributed by atoms with Crippen molar-refractivity contribution in [2.75, 3.05) is 33.9 Å². The van der Waals surface area contributed by atoms with Crippen LogP contribution in [0.1, 0.15) is 22.6 Å². The van der Waals surface area contributed by atoms with Crippen molar-refractivity contribution in [3.63, 3.8) is 0 Å². The lowest BCUT2D eigenvalue weighted by atomic mass is 10.1. The van der Waals surface area contributed by atoms with Gasteiger partial charge in [-0.1, -0.05) is 18.2 Å². The van der Waals surface area contributed by atoms with Crippen molar-refractivity contribution < 1.29 is 19.3 Å². The lowest BCUT2D eigenvalue weighted by molar-refractivity contribution is 0.106. The third-order valence-corrected chi connectivity index (χ3v) is 4.91. The zero-order chi connectivity index (χ0) is 22.1. The van der Waals surface area contributed by atoms with E-state index in [4.69, 9.17) is 14.2 Å². The fourth-order valence-electron chi connectivity index (χ4n) is 3.24. The molecule has 0 spiro atoms. The van der Waals surface area contributed by atoms with Gasteiger partial charge in [0, 0.05) is 19.2 Å². The monoisotopic (exact) mass is 425 g/mol. The number of hydrogen-bond acceptors (Lipinski definition) is 6. The molecule has 0 saturated heterocycles. The summed E-state index contributed by atoms with van der Waals surface area (Å²) in [5.74, 6) is 3.12. The highest BCUT2D eigenvalue weighted by molar-refractivity contribution is 5.43. The molecule has 3 N–H and O–H groups in total. The lowest BCUT2D eigenvalue weighted by Crippen LogP contribution is -2.32. The van der Waals surface area contributed by atoms with E-state index in [-0.39, 0.29) is 6.61 Å². The first-order chi connectivity index (χ1) is 15.1. The molecular weight excluding hydrogens is 394 g/mol. The van der Waals surface area contributed by atoms with Crippen LogP contribution in [0.5, 0.6) is 17.2 Å². The summed E-state index contributed by atoms with van der Waals surface area (Å²) in [6.07, 6.45) is 2.89. The molecule has 0 radical (unpaired) electrons. The fourth-order valence-corrected chi connectivity index (χ4v) is 3.24. The number of aliphatic hydroxyl groups is 1. The van der Waals surface area contributed by atoms with Gasteiger partial charge < -0.3 is 29.6 Å². The number of aryl methyl sites for hydroxylation is 1. The number of imidazole rings is 1. The van der Waals surface area contributed by atoms with Crippen molar-refractivity contribution in [3.8, 4) is 17.2 Å². The van der Waals surface area contributed by atoms with Crippen LogP contribution in [0, 0.1) is 6.92 Å². The summed E-state index contributed by atoms with van der Waals surface area (Å²) >= 11 is 0. The Morgan fingerprint density at radius 1 is 1.03 bits per heavy atom. The van der Waals surface area contributed by atoms with Gasteiger partial charge in [0.05, 0.1) is 19.9 Å². The van der Waals surface area contributed by atoms with Crippen LogP contribution in [0.25, 0.3) is 0 Å². The summed E-state index contributed by atoms with van der Waals surface area (Å²) in [6.45, 7) is 3.41. The fraction of sp³-hybridized carbons (Fsp3) is 0.375. The second kappa shape index (κ2) is 11.4. The Morgan fingerprint density at radius 3 is 2.45 bits per heavy atom. The topological polar surface area (TPSA) is 88.6 Å². The largest absolute Gasteiger partial charge is 0.493 e. The van der Waals surface area contributed by atoms with E-state index in [0.29, 0.717) is 6.54 Å². The number of aromatic nitrogens is 2.